The van der Waals surface area contributed by atoms with Gasteiger partial charge >= 0.3 is 0 Å². The normalized spacial score (nSPS) is 16.7. The van der Waals surface area contributed by atoms with E-state index in [1.165, 1.54) is 13.0 Å². The van der Waals surface area contributed by atoms with Gasteiger partial charge in [0.25, 0.3) is 0 Å². The van der Waals surface area contributed by atoms with Crippen LogP contribution in [0.4, 0.5) is 5.69 Å². The van der Waals surface area contributed by atoms with Crippen molar-refractivity contribution < 1.29 is 0 Å². The summed E-state index contributed by atoms with van der Waals surface area (Å²) in [5.74, 6) is 0. The van der Waals surface area contributed by atoms with Crippen LogP contribution in [0.5, 0.6) is 0 Å². The van der Waals surface area contributed by atoms with Crippen LogP contribution in [-0.4, -0.2) is 35.7 Å². The number of halogens is 1. The van der Waals surface area contributed by atoms with Crippen molar-refractivity contribution in [1.29, 1.82) is 0 Å². The van der Waals surface area contributed by atoms with Crippen molar-refractivity contribution >= 4 is 34.6 Å². The lowest BCUT2D eigenvalue weighted by molar-refractivity contribution is 0.207. The third kappa shape index (κ3) is 4.83. The maximum absolute atomic E-state index is 6.13. The molecule has 0 atom stereocenters. The van der Waals surface area contributed by atoms with Crippen molar-refractivity contribution in [3.8, 4) is 0 Å². The van der Waals surface area contributed by atoms with Crippen molar-refractivity contribution in [3.05, 3.63) is 28.8 Å². The zero-order valence-electron chi connectivity index (χ0n) is 12.8. The summed E-state index contributed by atoms with van der Waals surface area (Å²) >= 11 is 11.5. The third-order valence-electron chi connectivity index (χ3n) is 3.98. The number of hydrogen-bond donors (Lipinski definition) is 2. The summed E-state index contributed by atoms with van der Waals surface area (Å²) in [5.41, 5.74) is 2.00. The number of hydrogen-bond acceptors (Lipinski definition) is 2. The summed E-state index contributed by atoms with van der Waals surface area (Å²) in [6.45, 7) is 7.75. The number of anilines is 1. The monoisotopic (exact) mass is 325 g/mol. The van der Waals surface area contributed by atoms with Crippen molar-refractivity contribution in [3.63, 3.8) is 0 Å². The first kappa shape index (κ1) is 16.5. The molecule has 0 radical (unpaired) electrons. The standard InChI is InChI=1S/C16H24ClN3S/c1-3-9-20-10-7-13(8-11-20)18-16(21)19-15-6-4-5-14(17)12(15)2/h4-6,13H,3,7-11H2,1-2H3,(H2,18,19,21). The van der Waals surface area contributed by atoms with Gasteiger partial charge in [0, 0.05) is 29.8 Å². The van der Waals surface area contributed by atoms with Gasteiger partial charge in [-0.2, -0.15) is 0 Å². The molecule has 0 amide bonds. The molecule has 1 aliphatic heterocycles. The molecule has 5 heteroatoms. The van der Waals surface area contributed by atoms with Crippen molar-refractivity contribution in [2.75, 3.05) is 25.0 Å². The molecular weight excluding hydrogens is 302 g/mol. The summed E-state index contributed by atoms with van der Waals surface area (Å²) in [4.78, 5) is 2.52. The van der Waals surface area contributed by atoms with Crippen molar-refractivity contribution in [2.45, 2.75) is 39.2 Å². The molecule has 21 heavy (non-hydrogen) atoms. The fourth-order valence-electron chi connectivity index (χ4n) is 2.70. The Hall–Kier alpha value is -0.840. The Morgan fingerprint density at radius 3 is 2.76 bits per heavy atom. The van der Waals surface area contributed by atoms with E-state index in [1.807, 2.05) is 25.1 Å². The Kier molecular flexibility index (Phi) is 6.27. The van der Waals surface area contributed by atoms with Crippen molar-refractivity contribution in [2.24, 2.45) is 0 Å². The van der Waals surface area contributed by atoms with Crippen LogP contribution in [0.2, 0.25) is 5.02 Å². The SMILES string of the molecule is CCCN1CCC(NC(=S)Nc2cccc(Cl)c2C)CC1. The maximum atomic E-state index is 6.13. The molecule has 0 spiro atoms. The summed E-state index contributed by atoms with van der Waals surface area (Å²) in [5, 5.41) is 8.13. The highest BCUT2D eigenvalue weighted by atomic mass is 35.5. The van der Waals surface area contributed by atoms with Crippen LogP contribution in [0.25, 0.3) is 0 Å². The van der Waals surface area contributed by atoms with E-state index in [9.17, 15) is 0 Å². The number of rotatable bonds is 4. The molecule has 0 aliphatic carbocycles. The fraction of sp³-hybridized carbons (Fsp3) is 0.562. The van der Waals surface area contributed by atoms with Crippen molar-refractivity contribution in [1.82, 2.24) is 10.2 Å². The number of thiocarbonyl (C=S) groups is 1. The lowest BCUT2D eigenvalue weighted by atomic mass is 10.1. The minimum atomic E-state index is 0.470. The maximum Gasteiger partial charge on any atom is 0.171 e. The van der Waals surface area contributed by atoms with Crippen LogP contribution in [0.3, 0.4) is 0 Å². The Balaban J connectivity index is 1.81. The Morgan fingerprint density at radius 2 is 2.10 bits per heavy atom. The smallest absolute Gasteiger partial charge is 0.171 e. The van der Waals surface area contributed by atoms with E-state index >= 15 is 0 Å². The molecule has 1 saturated heterocycles. The van der Waals surface area contributed by atoms with Crippen LogP contribution in [-0.2, 0) is 0 Å². The van der Waals surface area contributed by atoms with Gasteiger partial charge < -0.3 is 15.5 Å². The van der Waals surface area contributed by atoms with Crippen LogP contribution in [0, 0.1) is 6.92 Å². The van der Waals surface area contributed by atoms with Gasteiger partial charge in [0.1, 0.15) is 0 Å². The van der Waals surface area contributed by atoms with Gasteiger partial charge in [0.05, 0.1) is 0 Å². The zero-order valence-corrected chi connectivity index (χ0v) is 14.4. The number of likely N-dealkylation sites (tertiary alicyclic amines) is 1. The van der Waals surface area contributed by atoms with Crippen LogP contribution >= 0.6 is 23.8 Å². The van der Waals surface area contributed by atoms with E-state index in [1.54, 1.807) is 0 Å². The number of nitrogens with zero attached hydrogens (tertiary/aromatic N) is 1. The lowest BCUT2D eigenvalue weighted by Crippen LogP contribution is -2.46. The summed E-state index contributed by atoms with van der Waals surface area (Å²) < 4.78 is 0. The number of benzene rings is 1. The van der Waals surface area contributed by atoms with Gasteiger partial charge in [-0.25, -0.2) is 0 Å². The Bertz CT molecular complexity index is 484. The van der Waals surface area contributed by atoms with E-state index in [4.69, 9.17) is 23.8 Å². The van der Waals surface area contributed by atoms with Crippen LogP contribution < -0.4 is 10.6 Å². The van der Waals surface area contributed by atoms with Gasteiger partial charge in [-0.15, -0.1) is 0 Å². The lowest BCUT2D eigenvalue weighted by Gasteiger charge is -2.32. The largest absolute Gasteiger partial charge is 0.360 e. The van der Waals surface area contributed by atoms with Gasteiger partial charge in [0.2, 0.25) is 0 Å². The van der Waals surface area contributed by atoms with E-state index in [0.717, 1.165) is 42.2 Å². The third-order valence-corrected chi connectivity index (χ3v) is 4.61. The van der Waals surface area contributed by atoms with E-state index in [0.29, 0.717) is 11.2 Å². The molecule has 116 valence electrons. The topological polar surface area (TPSA) is 27.3 Å². The molecular formula is C16H24ClN3S. The molecule has 1 heterocycles. The van der Waals surface area contributed by atoms with Gasteiger partial charge in [0.15, 0.2) is 5.11 Å². The predicted molar refractivity (Wildman–Crippen MR) is 95.3 cm³/mol. The molecule has 1 fully saturated rings. The van der Waals surface area contributed by atoms with Gasteiger partial charge in [-0.3, -0.25) is 0 Å². The Morgan fingerprint density at radius 1 is 1.38 bits per heavy atom. The second-order valence-electron chi connectivity index (χ2n) is 5.63. The average molecular weight is 326 g/mol. The first-order valence-electron chi connectivity index (χ1n) is 7.65. The summed E-state index contributed by atoms with van der Waals surface area (Å²) in [6.07, 6.45) is 3.53. The van der Waals surface area contributed by atoms with E-state index in [2.05, 4.69) is 22.5 Å². The first-order chi connectivity index (χ1) is 10.1. The molecule has 0 aromatic heterocycles. The quantitative estimate of drug-likeness (QED) is 0.823. The highest BCUT2D eigenvalue weighted by Gasteiger charge is 2.19. The molecule has 3 nitrogen and oxygen atoms in total. The molecule has 0 unspecified atom stereocenters. The summed E-state index contributed by atoms with van der Waals surface area (Å²) in [6, 6.07) is 6.29. The van der Waals surface area contributed by atoms with Crippen LogP contribution in [0.15, 0.2) is 18.2 Å². The fourth-order valence-corrected chi connectivity index (χ4v) is 3.15. The average Bonchev–Trinajstić information content (AvgIpc) is 2.46. The molecule has 0 bridgehead atoms. The first-order valence-corrected chi connectivity index (χ1v) is 8.43. The molecule has 2 rings (SSSR count). The summed E-state index contributed by atoms with van der Waals surface area (Å²) in [7, 11) is 0. The minimum absolute atomic E-state index is 0.470. The van der Waals surface area contributed by atoms with Gasteiger partial charge in [-0.05, 0) is 62.6 Å². The van der Waals surface area contributed by atoms with Crippen LogP contribution in [0.1, 0.15) is 31.7 Å². The molecule has 0 saturated carbocycles. The minimum Gasteiger partial charge on any atom is -0.360 e. The second kappa shape index (κ2) is 7.97. The zero-order chi connectivity index (χ0) is 15.2. The molecule has 2 N–H and O–H groups in total. The number of piperidine rings is 1. The van der Waals surface area contributed by atoms with E-state index in [-0.39, 0.29) is 0 Å². The van der Waals surface area contributed by atoms with E-state index < -0.39 is 0 Å². The predicted octanol–water partition coefficient (Wildman–Crippen LogP) is 3.81. The van der Waals surface area contributed by atoms with Gasteiger partial charge in [-0.1, -0.05) is 24.6 Å². The Labute approximate surface area is 138 Å². The second-order valence-corrected chi connectivity index (χ2v) is 6.44. The number of nitrogens with one attached hydrogen (secondary N) is 2. The molecule has 1 aromatic rings. The molecule has 1 aromatic carbocycles. The highest BCUT2D eigenvalue weighted by Crippen LogP contribution is 2.23. The highest BCUT2D eigenvalue weighted by molar-refractivity contribution is 7.80. The molecule has 1 aliphatic rings.